The molecule has 0 aliphatic rings. The number of benzene rings is 1. The van der Waals surface area contributed by atoms with Crippen molar-refractivity contribution in [1.82, 2.24) is 4.98 Å². The molecule has 0 atom stereocenters. The number of pyridine rings is 1. The third-order valence-electron chi connectivity index (χ3n) is 2.74. The molecule has 1 N–H and O–H groups in total. The maximum absolute atomic E-state index is 11.9. The first kappa shape index (κ1) is 15.3. The topological polar surface area (TPSA) is 103 Å². The SMILES string of the molecule is O=C(Oc1ccc(C=C[N+](=O)[O-])cc1CO)c1cccnc1. The predicted octanol–water partition coefficient (Wildman–Crippen LogP) is 2.04. The molecule has 1 aromatic heterocycles. The van der Waals surface area contributed by atoms with Crippen molar-refractivity contribution in [3.05, 3.63) is 75.7 Å². The molecule has 22 heavy (non-hydrogen) atoms. The molecule has 112 valence electrons. The van der Waals surface area contributed by atoms with Gasteiger partial charge in [-0.2, -0.15) is 0 Å². The van der Waals surface area contributed by atoms with Gasteiger partial charge in [-0.25, -0.2) is 4.79 Å². The molecule has 1 aromatic carbocycles. The molecule has 7 heteroatoms. The lowest BCUT2D eigenvalue weighted by Crippen LogP contribution is -2.10. The predicted molar refractivity (Wildman–Crippen MR) is 77.6 cm³/mol. The fraction of sp³-hybridized carbons (Fsp3) is 0.0667. The first-order chi connectivity index (χ1) is 10.6. The molecule has 7 nitrogen and oxygen atoms in total. The third kappa shape index (κ3) is 3.97. The van der Waals surface area contributed by atoms with Gasteiger partial charge in [0.25, 0.3) is 0 Å². The Bertz CT molecular complexity index is 713. The first-order valence-electron chi connectivity index (χ1n) is 6.28. The van der Waals surface area contributed by atoms with E-state index in [0.717, 1.165) is 6.20 Å². The van der Waals surface area contributed by atoms with Crippen LogP contribution in [0.15, 0.2) is 48.9 Å². The molecule has 0 amide bonds. The molecule has 0 unspecified atom stereocenters. The van der Waals surface area contributed by atoms with Gasteiger partial charge in [0.15, 0.2) is 0 Å². The van der Waals surface area contributed by atoms with Crippen molar-refractivity contribution >= 4 is 12.0 Å². The number of carbonyl (C=O) groups is 1. The van der Waals surface area contributed by atoms with E-state index in [0.29, 0.717) is 11.1 Å². The van der Waals surface area contributed by atoms with Gasteiger partial charge < -0.3 is 9.84 Å². The number of hydrogen-bond acceptors (Lipinski definition) is 6. The van der Waals surface area contributed by atoms with E-state index in [9.17, 15) is 20.0 Å². The molecule has 1 heterocycles. The van der Waals surface area contributed by atoms with Crippen molar-refractivity contribution in [1.29, 1.82) is 0 Å². The molecule has 0 aliphatic heterocycles. The lowest BCUT2D eigenvalue weighted by molar-refractivity contribution is -0.400. The summed E-state index contributed by atoms with van der Waals surface area (Å²) in [5.74, 6) is -0.411. The average molecular weight is 300 g/mol. The molecule has 0 fully saturated rings. The Balaban J connectivity index is 2.21. The molecule has 0 radical (unpaired) electrons. The highest BCUT2D eigenvalue weighted by Crippen LogP contribution is 2.22. The van der Waals surface area contributed by atoms with Crippen LogP contribution in [0.25, 0.3) is 6.08 Å². The number of nitrogens with zero attached hydrogens (tertiary/aromatic N) is 2. The van der Waals surface area contributed by atoms with Crippen molar-refractivity contribution in [2.24, 2.45) is 0 Å². The van der Waals surface area contributed by atoms with E-state index in [1.807, 2.05) is 0 Å². The molecule has 0 saturated heterocycles. The monoisotopic (exact) mass is 300 g/mol. The maximum atomic E-state index is 11.9. The van der Waals surface area contributed by atoms with E-state index in [1.165, 1.54) is 30.6 Å². The largest absolute Gasteiger partial charge is 0.423 e. The highest BCUT2D eigenvalue weighted by atomic mass is 16.6. The molecule has 0 aliphatic carbocycles. The van der Waals surface area contributed by atoms with Crippen molar-refractivity contribution in [3.8, 4) is 5.75 Å². The Morgan fingerprint density at radius 3 is 2.86 bits per heavy atom. The van der Waals surface area contributed by atoms with Gasteiger partial charge in [-0.3, -0.25) is 15.1 Å². The smallest absolute Gasteiger partial charge is 0.345 e. The van der Waals surface area contributed by atoms with Crippen LogP contribution in [0.1, 0.15) is 21.5 Å². The molecule has 0 spiro atoms. The Labute approximate surface area is 125 Å². The normalized spacial score (nSPS) is 10.6. The average Bonchev–Trinajstić information content (AvgIpc) is 2.54. The van der Waals surface area contributed by atoms with Crippen molar-refractivity contribution < 1.29 is 19.6 Å². The summed E-state index contributed by atoms with van der Waals surface area (Å²) in [6.45, 7) is -0.365. The summed E-state index contributed by atoms with van der Waals surface area (Å²) in [6, 6.07) is 7.69. The van der Waals surface area contributed by atoms with Crippen LogP contribution in [0.2, 0.25) is 0 Å². The van der Waals surface area contributed by atoms with E-state index < -0.39 is 10.9 Å². The van der Waals surface area contributed by atoms with Gasteiger partial charge in [0.05, 0.1) is 17.1 Å². The second-order valence-corrected chi connectivity index (χ2v) is 4.26. The minimum Gasteiger partial charge on any atom is -0.423 e. The second-order valence-electron chi connectivity index (χ2n) is 4.26. The molecule has 0 bridgehead atoms. The van der Waals surface area contributed by atoms with Crippen molar-refractivity contribution in [2.45, 2.75) is 6.61 Å². The van der Waals surface area contributed by atoms with Gasteiger partial charge >= 0.3 is 5.97 Å². The molecular weight excluding hydrogens is 288 g/mol. The van der Waals surface area contributed by atoms with Gasteiger partial charge in [-0.1, -0.05) is 6.07 Å². The van der Waals surface area contributed by atoms with Crippen LogP contribution in [0.3, 0.4) is 0 Å². The number of aliphatic hydroxyl groups excluding tert-OH is 1. The molecule has 0 saturated carbocycles. The van der Waals surface area contributed by atoms with E-state index in [4.69, 9.17) is 4.74 Å². The zero-order chi connectivity index (χ0) is 15.9. The number of hydrogen-bond donors (Lipinski definition) is 1. The van der Waals surface area contributed by atoms with Crippen LogP contribution in [0.4, 0.5) is 0 Å². The third-order valence-corrected chi connectivity index (χ3v) is 2.74. The van der Waals surface area contributed by atoms with Gasteiger partial charge in [-0.15, -0.1) is 0 Å². The quantitative estimate of drug-likeness (QED) is 0.392. The standard InChI is InChI=1S/C15H12N2O5/c18-10-13-8-11(5-7-17(20)21)3-4-14(13)22-15(19)12-2-1-6-16-9-12/h1-9,18H,10H2. The maximum Gasteiger partial charge on any atom is 0.345 e. The van der Waals surface area contributed by atoms with E-state index in [2.05, 4.69) is 4.98 Å². The summed E-state index contributed by atoms with van der Waals surface area (Å²) < 4.78 is 5.21. The van der Waals surface area contributed by atoms with Crippen LogP contribution in [0, 0.1) is 10.1 Å². The zero-order valence-corrected chi connectivity index (χ0v) is 11.4. The van der Waals surface area contributed by atoms with Gasteiger partial charge in [0, 0.05) is 24.0 Å². The minimum absolute atomic E-state index is 0.189. The number of nitro groups is 1. The van der Waals surface area contributed by atoms with Gasteiger partial charge in [0.2, 0.25) is 6.20 Å². The first-order valence-corrected chi connectivity index (χ1v) is 6.28. The number of aromatic nitrogens is 1. The van der Waals surface area contributed by atoms with Crippen LogP contribution < -0.4 is 4.74 Å². The zero-order valence-electron chi connectivity index (χ0n) is 11.4. The van der Waals surface area contributed by atoms with Crippen LogP contribution in [-0.2, 0) is 6.61 Å². The summed E-state index contributed by atoms with van der Waals surface area (Å²) in [5, 5.41) is 19.6. The van der Waals surface area contributed by atoms with E-state index in [-0.39, 0.29) is 17.9 Å². The number of esters is 1. The van der Waals surface area contributed by atoms with E-state index >= 15 is 0 Å². The summed E-state index contributed by atoms with van der Waals surface area (Å²) in [6.07, 6.45) is 4.98. The Morgan fingerprint density at radius 2 is 2.23 bits per heavy atom. The second kappa shape index (κ2) is 7.09. The van der Waals surface area contributed by atoms with Gasteiger partial charge in [0.1, 0.15) is 5.75 Å². The summed E-state index contributed by atoms with van der Waals surface area (Å²) in [4.78, 5) is 25.5. The highest BCUT2D eigenvalue weighted by molar-refractivity contribution is 5.90. The Morgan fingerprint density at radius 1 is 1.41 bits per heavy atom. The summed E-state index contributed by atoms with van der Waals surface area (Å²) >= 11 is 0. The van der Waals surface area contributed by atoms with E-state index in [1.54, 1.807) is 18.2 Å². The Kier molecular flexibility index (Phi) is 4.94. The summed E-state index contributed by atoms with van der Waals surface area (Å²) in [7, 11) is 0. The number of carbonyl (C=O) groups excluding carboxylic acids is 1. The number of ether oxygens (including phenoxy) is 1. The number of rotatable bonds is 5. The lowest BCUT2D eigenvalue weighted by atomic mass is 10.1. The van der Waals surface area contributed by atoms with Crippen LogP contribution in [0.5, 0.6) is 5.75 Å². The van der Waals surface area contributed by atoms with Crippen molar-refractivity contribution in [3.63, 3.8) is 0 Å². The molecular formula is C15H12N2O5. The van der Waals surface area contributed by atoms with Crippen LogP contribution >= 0.6 is 0 Å². The van der Waals surface area contributed by atoms with Crippen LogP contribution in [-0.4, -0.2) is 21.0 Å². The minimum atomic E-state index is -0.601. The van der Waals surface area contributed by atoms with Crippen molar-refractivity contribution in [2.75, 3.05) is 0 Å². The molecule has 2 rings (SSSR count). The fourth-order valence-electron chi connectivity index (χ4n) is 1.72. The number of aliphatic hydroxyl groups is 1. The molecule has 2 aromatic rings. The lowest BCUT2D eigenvalue weighted by Gasteiger charge is -2.09. The Hall–Kier alpha value is -3.06. The fourth-order valence-corrected chi connectivity index (χ4v) is 1.72. The van der Waals surface area contributed by atoms with Gasteiger partial charge in [-0.05, 0) is 29.8 Å². The summed E-state index contributed by atoms with van der Waals surface area (Å²) in [5.41, 5.74) is 1.15. The highest BCUT2D eigenvalue weighted by Gasteiger charge is 2.12.